The van der Waals surface area contributed by atoms with Crippen molar-refractivity contribution in [3.63, 3.8) is 0 Å². The van der Waals surface area contributed by atoms with Crippen molar-refractivity contribution in [1.29, 1.82) is 0 Å². The van der Waals surface area contributed by atoms with Gasteiger partial charge >= 0.3 is 0 Å². The molecule has 2 aromatic heterocycles. The fraction of sp³-hybridized carbons (Fsp3) is 0.545. The number of nitrogens with zero attached hydrogens (tertiary/aromatic N) is 4. The molecule has 2 aliphatic rings. The van der Waals surface area contributed by atoms with Crippen molar-refractivity contribution in [2.75, 3.05) is 39.5 Å². The van der Waals surface area contributed by atoms with Crippen molar-refractivity contribution >= 4 is 22.5 Å². The number of para-hydroxylation sites is 1. The topological polar surface area (TPSA) is 88.6 Å². The summed E-state index contributed by atoms with van der Waals surface area (Å²) in [6.45, 7) is 5.72. The standard InChI is InChI=1S/C22H28ClN5O3/c23-19-3-1-2-17-18(12-28(21(17)19)10-15-4-8-30-9-5-15)22-25-20(31-26-22)13-27-7-6-24-16(11-27)14-29/h1-3,12,15-16,24,29H,4-11,13-14H2/t16-/m0/s1. The van der Waals surface area contributed by atoms with E-state index in [1.54, 1.807) is 0 Å². The van der Waals surface area contributed by atoms with Crippen LogP contribution in [0.5, 0.6) is 0 Å². The first-order chi connectivity index (χ1) is 15.2. The van der Waals surface area contributed by atoms with Gasteiger partial charge in [-0.2, -0.15) is 4.98 Å². The molecule has 0 unspecified atom stereocenters. The highest BCUT2D eigenvalue weighted by molar-refractivity contribution is 6.35. The van der Waals surface area contributed by atoms with Crippen LogP contribution in [0.15, 0.2) is 28.9 Å². The average molecular weight is 446 g/mol. The predicted octanol–water partition coefficient (Wildman–Crippen LogP) is 2.54. The second-order valence-corrected chi connectivity index (χ2v) is 8.87. The van der Waals surface area contributed by atoms with Crippen LogP contribution in [0.3, 0.4) is 0 Å². The lowest BCUT2D eigenvalue weighted by Crippen LogP contribution is -2.51. The Hall–Kier alpha value is -1.97. The number of aliphatic hydroxyl groups excluding tert-OH is 1. The van der Waals surface area contributed by atoms with E-state index in [2.05, 4.69) is 37.2 Å². The van der Waals surface area contributed by atoms with Gasteiger partial charge in [-0.1, -0.05) is 28.9 Å². The lowest BCUT2D eigenvalue weighted by molar-refractivity contribution is 0.0616. The molecule has 3 aromatic rings. The zero-order chi connectivity index (χ0) is 21.2. The number of aromatic nitrogens is 3. The van der Waals surface area contributed by atoms with E-state index in [4.69, 9.17) is 20.9 Å². The van der Waals surface area contributed by atoms with E-state index in [1.807, 2.05) is 12.1 Å². The molecule has 0 spiro atoms. The third-order valence-corrected chi connectivity index (χ3v) is 6.58. The molecule has 166 valence electrons. The maximum atomic E-state index is 9.41. The summed E-state index contributed by atoms with van der Waals surface area (Å²) in [4.78, 5) is 6.91. The van der Waals surface area contributed by atoms with Gasteiger partial charge in [0, 0.05) is 62.6 Å². The van der Waals surface area contributed by atoms with Crippen molar-refractivity contribution < 1.29 is 14.4 Å². The van der Waals surface area contributed by atoms with E-state index in [0.29, 0.717) is 24.2 Å². The number of hydrogen-bond donors (Lipinski definition) is 2. The number of ether oxygens (including phenoxy) is 1. The molecule has 9 heteroatoms. The minimum Gasteiger partial charge on any atom is -0.395 e. The first-order valence-corrected chi connectivity index (χ1v) is 11.3. The molecular formula is C22H28ClN5O3. The van der Waals surface area contributed by atoms with Crippen molar-refractivity contribution in [2.24, 2.45) is 5.92 Å². The Kier molecular flexibility index (Phi) is 6.24. The molecule has 31 heavy (non-hydrogen) atoms. The van der Waals surface area contributed by atoms with Crippen LogP contribution in [0.1, 0.15) is 18.7 Å². The second kappa shape index (κ2) is 9.26. The van der Waals surface area contributed by atoms with E-state index >= 15 is 0 Å². The SMILES string of the molecule is OC[C@@H]1CN(Cc2nc(-c3cn(CC4CCOCC4)c4c(Cl)cccc34)no2)CCN1. The number of fused-ring (bicyclic) bond motifs is 1. The molecule has 0 aliphatic carbocycles. The van der Waals surface area contributed by atoms with Crippen molar-refractivity contribution in [2.45, 2.75) is 32.0 Å². The summed E-state index contributed by atoms with van der Waals surface area (Å²) in [6.07, 6.45) is 4.23. The zero-order valence-electron chi connectivity index (χ0n) is 17.5. The van der Waals surface area contributed by atoms with Crippen LogP contribution in [-0.2, 0) is 17.8 Å². The van der Waals surface area contributed by atoms with Crippen LogP contribution in [0.25, 0.3) is 22.3 Å². The first kappa shape index (κ1) is 20.9. The molecular weight excluding hydrogens is 418 g/mol. The third kappa shape index (κ3) is 4.49. The van der Waals surface area contributed by atoms with Crippen LogP contribution in [-0.4, -0.2) is 70.2 Å². The molecule has 8 nitrogen and oxygen atoms in total. The van der Waals surface area contributed by atoms with Gasteiger partial charge in [-0.3, -0.25) is 4.90 Å². The molecule has 4 heterocycles. The molecule has 2 saturated heterocycles. The minimum absolute atomic E-state index is 0.0847. The van der Waals surface area contributed by atoms with E-state index in [0.717, 1.165) is 73.7 Å². The Morgan fingerprint density at radius 2 is 2.13 bits per heavy atom. The van der Waals surface area contributed by atoms with Gasteiger partial charge in [-0.25, -0.2) is 0 Å². The number of rotatable bonds is 6. The molecule has 0 saturated carbocycles. The summed E-state index contributed by atoms with van der Waals surface area (Å²) < 4.78 is 13.3. The number of benzene rings is 1. The lowest BCUT2D eigenvalue weighted by Gasteiger charge is -2.31. The van der Waals surface area contributed by atoms with Gasteiger partial charge in [0.15, 0.2) is 0 Å². The Morgan fingerprint density at radius 1 is 1.26 bits per heavy atom. The Bertz CT molecular complexity index is 1030. The smallest absolute Gasteiger partial charge is 0.241 e. The van der Waals surface area contributed by atoms with Crippen LogP contribution in [0, 0.1) is 5.92 Å². The van der Waals surface area contributed by atoms with Crippen LogP contribution in [0.4, 0.5) is 0 Å². The summed E-state index contributed by atoms with van der Waals surface area (Å²) in [5.74, 6) is 1.74. The highest BCUT2D eigenvalue weighted by Gasteiger charge is 2.23. The van der Waals surface area contributed by atoms with E-state index in [1.165, 1.54) is 0 Å². The minimum atomic E-state index is 0.0847. The van der Waals surface area contributed by atoms with Gasteiger partial charge < -0.3 is 24.3 Å². The molecule has 1 aromatic carbocycles. The fourth-order valence-corrected chi connectivity index (χ4v) is 4.91. The van der Waals surface area contributed by atoms with E-state index in [9.17, 15) is 5.11 Å². The van der Waals surface area contributed by atoms with Gasteiger partial charge in [0.2, 0.25) is 11.7 Å². The van der Waals surface area contributed by atoms with Crippen molar-refractivity contribution in [1.82, 2.24) is 24.9 Å². The van der Waals surface area contributed by atoms with Crippen molar-refractivity contribution in [3.05, 3.63) is 35.3 Å². The van der Waals surface area contributed by atoms with Gasteiger partial charge in [0.25, 0.3) is 0 Å². The second-order valence-electron chi connectivity index (χ2n) is 8.47. The average Bonchev–Trinajstić information content (AvgIpc) is 3.40. The summed E-state index contributed by atoms with van der Waals surface area (Å²) >= 11 is 6.60. The Balaban J connectivity index is 1.40. The first-order valence-electron chi connectivity index (χ1n) is 11.0. The maximum absolute atomic E-state index is 9.41. The third-order valence-electron chi connectivity index (χ3n) is 6.27. The molecule has 0 amide bonds. The van der Waals surface area contributed by atoms with Gasteiger partial charge in [-0.05, 0) is 24.8 Å². The van der Waals surface area contributed by atoms with Crippen LogP contribution < -0.4 is 5.32 Å². The van der Waals surface area contributed by atoms with Crippen LogP contribution >= 0.6 is 11.6 Å². The molecule has 0 bridgehead atoms. The highest BCUT2D eigenvalue weighted by Crippen LogP contribution is 2.34. The number of hydrogen-bond acceptors (Lipinski definition) is 7. The number of halogens is 1. The zero-order valence-corrected chi connectivity index (χ0v) is 18.2. The highest BCUT2D eigenvalue weighted by atomic mass is 35.5. The van der Waals surface area contributed by atoms with Gasteiger partial charge in [-0.15, -0.1) is 0 Å². The van der Waals surface area contributed by atoms with Gasteiger partial charge in [0.1, 0.15) is 0 Å². The van der Waals surface area contributed by atoms with Crippen molar-refractivity contribution in [3.8, 4) is 11.4 Å². The molecule has 1 atom stereocenters. The summed E-state index contributed by atoms with van der Waals surface area (Å²) in [7, 11) is 0. The Morgan fingerprint density at radius 3 is 2.97 bits per heavy atom. The molecule has 5 rings (SSSR count). The maximum Gasteiger partial charge on any atom is 0.241 e. The summed E-state index contributed by atoms with van der Waals surface area (Å²) in [6, 6.07) is 6.04. The normalized spacial score (nSPS) is 21.2. The monoisotopic (exact) mass is 445 g/mol. The van der Waals surface area contributed by atoms with E-state index < -0.39 is 0 Å². The molecule has 0 radical (unpaired) electrons. The lowest BCUT2D eigenvalue weighted by atomic mass is 10.0. The number of piperazine rings is 1. The predicted molar refractivity (Wildman–Crippen MR) is 118 cm³/mol. The summed E-state index contributed by atoms with van der Waals surface area (Å²) in [5, 5.41) is 18.8. The molecule has 2 N–H and O–H groups in total. The largest absolute Gasteiger partial charge is 0.395 e. The van der Waals surface area contributed by atoms with E-state index in [-0.39, 0.29) is 12.6 Å². The number of nitrogens with one attached hydrogen (secondary N) is 1. The number of aliphatic hydroxyl groups is 1. The van der Waals surface area contributed by atoms with Gasteiger partial charge in [0.05, 0.1) is 23.7 Å². The Labute approximate surface area is 186 Å². The quantitative estimate of drug-likeness (QED) is 0.602. The molecule has 2 fully saturated rings. The fourth-order valence-electron chi connectivity index (χ4n) is 4.62. The molecule has 2 aliphatic heterocycles. The van der Waals surface area contributed by atoms with Crippen LogP contribution in [0.2, 0.25) is 5.02 Å². The summed E-state index contributed by atoms with van der Waals surface area (Å²) in [5.41, 5.74) is 1.96.